The summed E-state index contributed by atoms with van der Waals surface area (Å²) in [6.07, 6.45) is 0.470. The average molecular weight is 285 g/mol. The molecule has 1 aliphatic rings. The van der Waals surface area contributed by atoms with Gasteiger partial charge >= 0.3 is 0 Å². The quantitative estimate of drug-likeness (QED) is 0.903. The third-order valence-corrected chi connectivity index (χ3v) is 5.10. The molecular weight excluding hydrogens is 269 g/mol. The highest BCUT2D eigenvalue weighted by molar-refractivity contribution is 7.91. The first-order chi connectivity index (χ1) is 8.78. The summed E-state index contributed by atoms with van der Waals surface area (Å²) in [7, 11) is -3.05. The van der Waals surface area contributed by atoms with Crippen LogP contribution in [0.2, 0.25) is 0 Å². The number of carbonyl (C=O) groups excluding carboxylic acids is 1. The van der Waals surface area contributed by atoms with Gasteiger partial charge in [0.05, 0.1) is 23.5 Å². The first kappa shape index (κ1) is 14.0. The van der Waals surface area contributed by atoms with E-state index in [9.17, 15) is 17.6 Å². The summed E-state index contributed by atoms with van der Waals surface area (Å²) in [6, 6.07) is 5.82. The topological polar surface area (TPSA) is 63.2 Å². The van der Waals surface area contributed by atoms with Crippen LogP contribution in [0.5, 0.6) is 0 Å². The lowest BCUT2D eigenvalue weighted by Gasteiger charge is -2.23. The second-order valence-corrected chi connectivity index (χ2v) is 7.44. The van der Waals surface area contributed by atoms with Crippen LogP contribution < -0.4 is 5.32 Å². The largest absolute Gasteiger partial charge is 0.350 e. The molecule has 1 saturated heterocycles. The van der Waals surface area contributed by atoms with Gasteiger partial charge in [0.25, 0.3) is 0 Å². The molecule has 1 heterocycles. The fourth-order valence-electron chi connectivity index (χ4n) is 2.32. The standard InChI is InChI=1S/C13H16FNO3S/c1-13(5-6-19(17,18)9-13)15-12(16)8-10-3-2-4-11(14)7-10/h2-4,7H,5-6,8-9H2,1H3,(H,15,16)/t13-/m1/s1. The second-order valence-electron chi connectivity index (χ2n) is 5.26. The van der Waals surface area contributed by atoms with Gasteiger partial charge in [-0.3, -0.25) is 4.79 Å². The predicted molar refractivity (Wildman–Crippen MR) is 69.9 cm³/mol. The Bertz CT molecular complexity index is 600. The van der Waals surface area contributed by atoms with Gasteiger partial charge in [-0.05, 0) is 31.0 Å². The Balaban J connectivity index is 1.99. The number of benzene rings is 1. The third kappa shape index (κ3) is 3.76. The minimum atomic E-state index is -3.05. The van der Waals surface area contributed by atoms with Crippen LogP contribution in [0.15, 0.2) is 24.3 Å². The molecule has 0 spiro atoms. The fraction of sp³-hybridized carbons (Fsp3) is 0.462. The maximum absolute atomic E-state index is 13.0. The van der Waals surface area contributed by atoms with Crippen LogP contribution in [0.25, 0.3) is 0 Å². The molecule has 0 aromatic heterocycles. The molecule has 1 aromatic carbocycles. The van der Waals surface area contributed by atoms with Crippen molar-refractivity contribution < 1.29 is 17.6 Å². The number of carbonyl (C=O) groups is 1. The summed E-state index contributed by atoms with van der Waals surface area (Å²) in [5, 5.41) is 2.74. The molecule has 104 valence electrons. The Labute approximate surface area is 111 Å². The van der Waals surface area contributed by atoms with E-state index < -0.39 is 15.4 Å². The van der Waals surface area contributed by atoms with Gasteiger partial charge in [0, 0.05) is 0 Å². The van der Waals surface area contributed by atoms with Gasteiger partial charge in [-0.2, -0.15) is 0 Å². The normalized spacial score (nSPS) is 25.2. The highest BCUT2D eigenvalue weighted by atomic mass is 32.2. The number of amides is 1. The van der Waals surface area contributed by atoms with Gasteiger partial charge in [0.2, 0.25) is 5.91 Å². The van der Waals surface area contributed by atoms with Gasteiger partial charge < -0.3 is 5.32 Å². The SMILES string of the molecule is C[C@@]1(NC(=O)Cc2cccc(F)c2)CCS(=O)(=O)C1. The van der Waals surface area contributed by atoms with Gasteiger partial charge in [-0.1, -0.05) is 12.1 Å². The second kappa shape index (κ2) is 4.92. The highest BCUT2D eigenvalue weighted by Gasteiger charge is 2.39. The van der Waals surface area contributed by atoms with E-state index in [2.05, 4.69) is 5.32 Å². The summed E-state index contributed by atoms with van der Waals surface area (Å²) in [5.74, 6) is -0.608. The van der Waals surface area contributed by atoms with Crippen molar-refractivity contribution in [2.75, 3.05) is 11.5 Å². The Hall–Kier alpha value is -1.43. The Morgan fingerprint density at radius 2 is 2.21 bits per heavy atom. The predicted octanol–water partition coefficient (Wildman–Crippen LogP) is 1.06. The zero-order valence-corrected chi connectivity index (χ0v) is 11.5. The molecule has 0 radical (unpaired) electrons. The van der Waals surface area contributed by atoms with E-state index >= 15 is 0 Å². The summed E-state index contributed by atoms with van der Waals surface area (Å²) in [6.45, 7) is 1.72. The lowest BCUT2D eigenvalue weighted by molar-refractivity contribution is -0.121. The molecule has 1 amide bonds. The van der Waals surface area contributed by atoms with E-state index in [4.69, 9.17) is 0 Å². The molecular formula is C13H16FNO3S. The number of rotatable bonds is 3. The third-order valence-electron chi connectivity index (χ3n) is 3.20. The number of sulfone groups is 1. The van der Waals surface area contributed by atoms with Crippen LogP contribution >= 0.6 is 0 Å². The molecule has 1 aromatic rings. The molecule has 1 N–H and O–H groups in total. The lowest BCUT2D eigenvalue weighted by atomic mass is 10.0. The van der Waals surface area contributed by atoms with E-state index in [1.165, 1.54) is 12.1 Å². The summed E-state index contributed by atoms with van der Waals surface area (Å²) >= 11 is 0. The molecule has 1 aliphatic heterocycles. The van der Waals surface area contributed by atoms with Crippen LogP contribution in [-0.4, -0.2) is 31.4 Å². The molecule has 0 aliphatic carbocycles. The minimum absolute atomic E-state index is 0.0328. The van der Waals surface area contributed by atoms with Crippen molar-refractivity contribution >= 4 is 15.7 Å². The zero-order chi connectivity index (χ0) is 14.1. The summed E-state index contributed by atoms with van der Waals surface area (Å²) in [5.41, 5.74) is -0.134. The van der Waals surface area contributed by atoms with Crippen molar-refractivity contribution in [2.45, 2.75) is 25.3 Å². The molecule has 1 fully saturated rings. The van der Waals surface area contributed by atoms with E-state index in [-0.39, 0.29) is 29.7 Å². The highest BCUT2D eigenvalue weighted by Crippen LogP contribution is 2.22. The smallest absolute Gasteiger partial charge is 0.224 e. The van der Waals surface area contributed by atoms with E-state index in [0.29, 0.717) is 12.0 Å². The first-order valence-corrected chi connectivity index (χ1v) is 7.86. The van der Waals surface area contributed by atoms with E-state index in [1.807, 2.05) is 0 Å². The van der Waals surface area contributed by atoms with E-state index in [1.54, 1.807) is 19.1 Å². The molecule has 6 heteroatoms. The van der Waals surface area contributed by atoms with Crippen molar-refractivity contribution in [3.05, 3.63) is 35.6 Å². The Morgan fingerprint density at radius 1 is 1.47 bits per heavy atom. The van der Waals surface area contributed by atoms with Gasteiger partial charge in [0.15, 0.2) is 9.84 Å². The van der Waals surface area contributed by atoms with Crippen LogP contribution in [0.4, 0.5) is 4.39 Å². The number of hydrogen-bond donors (Lipinski definition) is 1. The molecule has 1 atom stereocenters. The fourth-order valence-corrected chi connectivity index (χ4v) is 4.42. The van der Waals surface area contributed by atoms with Gasteiger partial charge in [-0.15, -0.1) is 0 Å². The summed E-state index contributed by atoms with van der Waals surface area (Å²) < 4.78 is 35.8. The number of halogens is 1. The molecule has 0 saturated carbocycles. The van der Waals surface area contributed by atoms with Crippen molar-refractivity contribution in [1.29, 1.82) is 0 Å². The Kier molecular flexibility index (Phi) is 3.62. The average Bonchev–Trinajstić information content (AvgIpc) is 2.52. The van der Waals surface area contributed by atoms with Crippen molar-refractivity contribution in [3.63, 3.8) is 0 Å². The van der Waals surface area contributed by atoms with Gasteiger partial charge in [-0.25, -0.2) is 12.8 Å². The van der Waals surface area contributed by atoms with Crippen LogP contribution in [0.1, 0.15) is 18.9 Å². The minimum Gasteiger partial charge on any atom is -0.350 e. The van der Waals surface area contributed by atoms with Crippen molar-refractivity contribution in [3.8, 4) is 0 Å². The maximum atomic E-state index is 13.0. The number of nitrogens with one attached hydrogen (secondary N) is 1. The maximum Gasteiger partial charge on any atom is 0.224 e. The zero-order valence-electron chi connectivity index (χ0n) is 10.6. The lowest BCUT2D eigenvalue weighted by Crippen LogP contribution is -2.47. The van der Waals surface area contributed by atoms with Crippen molar-refractivity contribution in [2.24, 2.45) is 0 Å². The molecule has 0 bridgehead atoms. The first-order valence-electron chi connectivity index (χ1n) is 6.04. The monoisotopic (exact) mass is 285 g/mol. The Morgan fingerprint density at radius 3 is 2.79 bits per heavy atom. The van der Waals surface area contributed by atoms with Crippen LogP contribution in [-0.2, 0) is 21.1 Å². The number of hydrogen-bond acceptors (Lipinski definition) is 3. The molecule has 19 heavy (non-hydrogen) atoms. The van der Waals surface area contributed by atoms with Gasteiger partial charge in [0.1, 0.15) is 5.82 Å². The van der Waals surface area contributed by atoms with E-state index in [0.717, 1.165) is 0 Å². The summed E-state index contributed by atoms with van der Waals surface area (Å²) in [4.78, 5) is 11.9. The van der Waals surface area contributed by atoms with Crippen LogP contribution in [0, 0.1) is 5.82 Å². The molecule has 0 unspecified atom stereocenters. The molecule has 2 rings (SSSR count). The molecule has 4 nitrogen and oxygen atoms in total. The van der Waals surface area contributed by atoms with Crippen molar-refractivity contribution in [1.82, 2.24) is 5.32 Å². The van der Waals surface area contributed by atoms with Crippen LogP contribution in [0.3, 0.4) is 0 Å².